The van der Waals surface area contributed by atoms with Gasteiger partial charge >= 0.3 is 12.1 Å². The minimum Gasteiger partial charge on any atom is -0.481 e. The van der Waals surface area contributed by atoms with Crippen molar-refractivity contribution in [3.05, 3.63) is 59.7 Å². The summed E-state index contributed by atoms with van der Waals surface area (Å²) in [5.41, 5.74) is 4.55. The zero-order valence-corrected chi connectivity index (χ0v) is 19.6. The third-order valence-electron chi connectivity index (χ3n) is 6.94. The molecule has 34 heavy (non-hydrogen) atoms. The minimum atomic E-state index is -0.823. The molecule has 1 saturated carbocycles. The Balaban J connectivity index is 1.36. The molecule has 0 aromatic heterocycles. The summed E-state index contributed by atoms with van der Waals surface area (Å²) in [5, 5.41) is 15.0. The molecule has 1 fully saturated rings. The average Bonchev–Trinajstić information content (AvgIpc) is 3.15. The minimum absolute atomic E-state index is 0.0559. The highest BCUT2D eigenvalue weighted by Gasteiger charge is 2.32. The first-order chi connectivity index (χ1) is 16.3. The van der Waals surface area contributed by atoms with Crippen molar-refractivity contribution in [1.82, 2.24) is 10.6 Å². The molecule has 2 aliphatic carbocycles. The van der Waals surface area contributed by atoms with Crippen molar-refractivity contribution >= 4 is 18.0 Å². The van der Waals surface area contributed by atoms with E-state index in [2.05, 4.69) is 34.9 Å². The van der Waals surface area contributed by atoms with Crippen LogP contribution in [0.3, 0.4) is 0 Å². The van der Waals surface area contributed by atoms with Crippen molar-refractivity contribution in [2.75, 3.05) is 6.61 Å². The molecule has 0 unspecified atom stereocenters. The maximum Gasteiger partial charge on any atom is 0.407 e. The second-order valence-electron chi connectivity index (χ2n) is 9.60. The van der Waals surface area contributed by atoms with E-state index in [4.69, 9.17) is 4.74 Å². The van der Waals surface area contributed by atoms with Crippen molar-refractivity contribution in [2.24, 2.45) is 11.8 Å². The molecule has 180 valence electrons. The van der Waals surface area contributed by atoms with Crippen LogP contribution in [0.25, 0.3) is 11.1 Å². The monoisotopic (exact) mass is 464 g/mol. The maximum absolute atomic E-state index is 12.9. The van der Waals surface area contributed by atoms with Crippen molar-refractivity contribution in [1.29, 1.82) is 0 Å². The molecule has 0 aliphatic heterocycles. The zero-order valence-electron chi connectivity index (χ0n) is 19.6. The number of ether oxygens (including phenoxy) is 1. The highest BCUT2D eigenvalue weighted by molar-refractivity contribution is 5.86. The number of nitrogens with one attached hydrogen (secondary N) is 2. The normalized spacial score (nSPS) is 20.2. The SMILES string of the molecule is CC(C)[C@H](NC(=O)OCC1c2ccccc2-c2ccccc21)C(=O)N[C@@H]1CCC[C@H](C(=O)O)C1. The lowest BCUT2D eigenvalue weighted by Gasteiger charge is -2.30. The maximum atomic E-state index is 12.9. The summed E-state index contributed by atoms with van der Waals surface area (Å²) >= 11 is 0. The fourth-order valence-corrected chi connectivity index (χ4v) is 5.14. The van der Waals surface area contributed by atoms with Gasteiger partial charge in [-0.3, -0.25) is 9.59 Å². The van der Waals surface area contributed by atoms with Crippen molar-refractivity contribution in [3.63, 3.8) is 0 Å². The summed E-state index contributed by atoms with van der Waals surface area (Å²) < 4.78 is 5.60. The zero-order chi connectivity index (χ0) is 24.2. The topological polar surface area (TPSA) is 105 Å². The molecule has 2 aromatic rings. The molecule has 7 nitrogen and oxygen atoms in total. The first-order valence-electron chi connectivity index (χ1n) is 12.0. The van der Waals surface area contributed by atoms with Gasteiger partial charge in [0.15, 0.2) is 0 Å². The Morgan fingerprint density at radius 2 is 1.62 bits per heavy atom. The van der Waals surface area contributed by atoms with Gasteiger partial charge in [0.05, 0.1) is 5.92 Å². The van der Waals surface area contributed by atoms with E-state index in [-0.39, 0.29) is 30.4 Å². The van der Waals surface area contributed by atoms with E-state index in [1.807, 2.05) is 38.1 Å². The number of hydrogen-bond acceptors (Lipinski definition) is 4. The lowest BCUT2D eigenvalue weighted by molar-refractivity contribution is -0.143. The Labute approximate surface area is 199 Å². The summed E-state index contributed by atoms with van der Waals surface area (Å²) in [4.78, 5) is 36.9. The van der Waals surface area contributed by atoms with Crippen LogP contribution in [-0.2, 0) is 14.3 Å². The van der Waals surface area contributed by atoms with Crippen molar-refractivity contribution in [2.45, 2.75) is 57.5 Å². The molecule has 0 radical (unpaired) electrons. The number of carboxylic acids is 1. The largest absolute Gasteiger partial charge is 0.481 e. The fourth-order valence-electron chi connectivity index (χ4n) is 5.14. The lowest BCUT2D eigenvalue weighted by atomic mass is 9.85. The molecule has 3 N–H and O–H groups in total. The second kappa shape index (κ2) is 10.3. The number of alkyl carbamates (subject to hydrolysis) is 1. The second-order valence-corrected chi connectivity index (χ2v) is 9.60. The third kappa shape index (κ3) is 5.08. The van der Waals surface area contributed by atoms with E-state index >= 15 is 0 Å². The molecule has 4 rings (SSSR count). The van der Waals surface area contributed by atoms with E-state index in [0.29, 0.717) is 12.8 Å². The van der Waals surface area contributed by atoms with Gasteiger partial charge in [0.1, 0.15) is 12.6 Å². The van der Waals surface area contributed by atoms with Gasteiger partial charge in [-0.1, -0.05) is 68.8 Å². The summed E-state index contributed by atoms with van der Waals surface area (Å²) in [5.74, 6) is -1.78. The summed E-state index contributed by atoms with van der Waals surface area (Å²) in [7, 11) is 0. The fraction of sp³-hybridized carbons (Fsp3) is 0.444. The van der Waals surface area contributed by atoms with E-state index in [1.165, 1.54) is 0 Å². The first kappa shape index (κ1) is 23.8. The standard InChI is InChI=1S/C27H32N2O5/c1-16(2)24(25(30)28-18-9-7-8-17(14-18)26(31)32)29-27(33)34-15-23-21-12-5-3-10-19(21)20-11-4-6-13-22(20)23/h3-6,10-13,16-18,23-24H,7-9,14-15H2,1-2H3,(H,28,30)(H,29,33)(H,31,32)/t17-,18+,24-/m0/s1. The van der Waals surface area contributed by atoms with E-state index in [9.17, 15) is 19.5 Å². The molecular formula is C27H32N2O5. The summed E-state index contributed by atoms with van der Waals surface area (Å²) in [6.07, 6.45) is 1.91. The van der Waals surface area contributed by atoms with Crippen molar-refractivity contribution < 1.29 is 24.2 Å². The molecular weight excluding hydrogens is 432 g/mol. The predicted molar refractivity (Wildman–Crippen MR) is 128 cm³/mol. The molecule has 0 heterocycles. The van der Waals surface area contributed by atoms with E-state index < -0.39 is 24.0 Å². The Bertz CT molecular complexity index is 1020. The van der Waals surface area contributed by atoms with Crippen LogP contribution in [0.1, 0.15) is 56.6 Å². The predicted octanol–water partition coefficient (Wildman–Crippen LogP) is 4.31. The molecule has 3 atom stereocenters. The number of rotatable bonds is 7. The average molecular weight is 465 g/mol. The molecule has 2 aromatic carbocycles. The number of carbonyl (C=O) groups excluding carboxylic acids is 2. The molecule has 2 amide bonds. The van der Waals surface area contributed by atoms with Crippen LogP contribution in [0.2, 0.25) is 0 Å². The quantitative estimate of drug-likeness (QED) is 0.566. The lowest BCUT2D eigenvalue weighted by Crippen LogP contribution is -2.53. The van der Waals surface area contributed by atoms with Crippen LogP contribution in [0.4, 0.5) is 4.79 Å². The van der Waals surface area contributed by atoms with Gasteiger partial charge in [-0.25, -0.2) is 4.79 Å². The Morgan fingerprint density at radius 3 is 2.21 bits per heavy atom. The Kier molecular flexibility index (Phi) is 7.20. The van der Waals surface area contributed by atoms with Gasteiger partial charge < -0.3 is 20.5 Å². The van der Waals surface area contributed by atoms with Gasteiger partial charge in [0.25, 0.3) is 0 Å². The van der Waals surface area contributed by atoms with Crippen LogP contribution >= 0.6 is 0 Å². The smallest absolute Gasteiger partial charge is 0.407 e. The van der Waals surface area contributed by atoms with Gasteiger partial charge in [-0.2, -0.15) is 0 Å². The number of benzene rings is 2. The number of carboxylic acid groups (broad SMARTS) is 1. The van der Waals surface area contributed by atoms with Gasteiger partial charge in [-0.05, 0) is 47.4 Å². The molecule has 2 aliphatic rings. The van der Waals surface area contributed by atoms with Crippen LogP contribution < -0.4 is 10.6 Å². The summed E-state index contributed by atoms with van der Waals surface area (Å²) in [6.45, 7) is 3.89. The first-order valence-corrected chi connectivity index (χ1v) is 12.0. The Morgan fingerprint density at radius 1 is 1.00 bits per heavy atom. The van der Waals surface area contributed by atoms with Gasteiger partial charge in [0, 0.05) is 12.0 Å². The van der Waals surface area contributed by atoms with Crippen LogP contribution in [0, 0.1) is 11.8 Å². The third-order valence-corrected chi connectivity index (χ3v) is 6.94. The van der Waals surface area contributed by atoms with Gasteiger partial charge in [0.2, 0.25) is 5.91 Å². The highest BCUT2D eigenvalue weighted by Crippen LogP contribution is 2.44. The summed E-state index contributed by atoms with van der Waals surface area (Å²) in [6, 6.07) is 15.3. The molecule has 0 spiro atoms. The van der Waals surface area contributed by atoms with E-state index in [0.717, 1.165) is 35.1 Å². The van der Waals surface area contributed by atoms with E-state index in [1.54, 1.807) is 0 Å². The number of fused-ring (bicyclic) bond motifs is 3. The van der Waals surface area contributed by atoms with Crippen LogP contribution in [0.15, 0.2) is 48.5 Å². The molecule has 7 heteroatoms. The van der Waals surface area contributed by atoms with Crippen LogP contribution in [-0.4, -0.2) is 41.8 Å². The number of aliphatic carboxylic acids is 1. The highest BCUT2D eigenvalue weighted by atomic mass is 16.5. The number of amides is 2. The molecule has 0 bridgehead atoms. The van der Waals surface area contributed by atoms with Crippen LogP contribution in [0.5, 0.6) is 0 Å². The number of carbonyl (C=O) groups is 3. The van der Waals surface area contributed by atoms with Gasteiger partial charge in [-0.15, -0.1) is 0 Å². The van der Waals surface area contributed by atoms with Crippen molar-refractivity contribution in [3.8, 4) is 11.1 Å². The molecule has 0 saturated heterocycles. The number of hydrogen-bond donors (Lipinski definition) is 3. The Hall–Kier alpha value is -3.35.